The number of halogens is 3. The normalized spacial score (nSPS) is 19.5. The third kappa shape index (κ3) is 7.22. The second-order valence-corrected chi connectivity index (χ2v) is 7.79. The van der Waals surface area contributed by atoms with Crippen molar-refractivity contribution in [1.29, 1.82) is 0 Å². The van der Waals surface area contributed by atoms with Gasteiger partial charge in [-0.25, -0.2) is 4.79 Å². The van der Waals surface area contributed by atoms with E-state index in [0.29, 0.717) is 24.1 Å². The van der Waals surface area contributed by atoms with E-state index in [0.717, 1.165) is 45.7 Å². The summed E-state index contributed by atoms with van der Waals surface area (Å²) in [6, 6.07) is 4.30. The molecule has 1 atom stereocenters. The second-order valence-electron chi connectivity index (χ2n) is 7.79. The fourth-order valence-corrected chi connectivity index (χ4v) is 3.79. The molecule has 0 saturated carbocycles. The van der Waals surface area contributed by atoms with Gasteiger partial charge in [-0.15, -0.1) is 0 Å². The molecule has 2 aliphatic rings. The van der Waals surface area contributed by atoms with Crippen molar-refractivity contribution in [3.8, 4) is 0 Å². The number of alkyl halides is 3. The number of hydrogen-bond donors (Lipinski definition) is 2. The molecule has 0 spiro atoms. The molecule has 0 bridgehead atoms. The molecule has 0 aromatic carbocycles. The quantitative estimate of drug-likeness (QED) is 0.687. The van der Waals surface area contributed by atoms with Crippen LogP contribution in [0.3, 0.4) is 0 Å². The predicted octanol–water partition coefficient (Wildman–Crippen LogP) is 1.35. The first-order valence-corrected chi connectivity index (χ1v) is 10.4. The highest BCUT2D eigenvalue weighted by molar-refractivity contribution is 5.93. The van der Waals surface area contributed by atoms with E-state index in [1.807, 2.05) is 6.20 Å². The van der Waals surface area contributed by atoms with Crippen LogP contribution in [0.25, 0.3) is 0 Å². The summed E-state index contributed by atoms with van der Waals surface area (Å²) >= 11 is 0. The first-order chi connectivity index (χ1) is 15.7. The maximum atomic E-state index is 12.3. The number of nitrogens with zero attached hydrogens (tertiary/aromatic N) is 5. The van der Waals surface area contributed by atoms with Gasteiger partial charge in [-0.1, -0.05) is 0 Å². The summed E-state index contributed by atoms with van der Waals surface area (Å²) in [4.78, 5) is 23.8. The van der Waals surface area contributed by atoms with Crippen LogP contribution in [-0.2, 0) is 22.6 Å². The number of carbonyl (C=O) groups is 2. The number of amides is 1. The zero-order valence-corrected chi connectivity index (χ0v) is 17.7. The fraction of sp³-hybridized carbons (Fsp3) is 0.550. The lowest BCUT2D eigenvalue weighted by atomic mass is 10.0. The van der Waals surface area contributed by atoms with Crippen molar-refractivity contribution in [3.05, 3.63) is 42.0 Å². The van der Waals surface area contributed by atoms with E-state index >= 15 is 0 Å². The van der Waals surface area contributed by atoms with Gasteiger partial charge in [0, 0.05) is 57.5 Å². The zero-order chi connectivity index (χ0) is 23.8. The molecule has 1 saturated heterocycles. The van der Waals surface area contributed by atoms with Gasteiger partial charge in [0.15, 0.2) is 0 Å². The van der Waals surface area contributed by atoms with Gasteiger partial charge in [0.1, 0.15) is 0 Å². The molecule has 180 valence electrons. The highest BCUT2D eigenvalue weighted by Crippen LogP contribution is 2.22. The molecular weight excluding hydrogens is 445 g/mol. The highest BCUT2D eigenvalue weighted by atomic mass is 19.4. The molecule has 10 nitrogen and oxygen atoms in total. The van der Waals surface area contributed by atoms with Gasteiger partial charge in [-0.3, -0.25) is 14.4 Å². The Morgan fingerprint density at radius 1 is 1.15 bits per heavy atom. The molecule has 0 radical (unpaired) electrons. The van der Waals surface area contributed by atoms with Gasteiger partial charge in [-0.05, 0) is 25.0 Å². The van der Waals surface area contributed by atoms with Crippen LogP contribution >= 0.6 is 0 Å². The van der Waals surface area contributed by atoms with E-state index in [2.05, 4.69) is 36.3 Å². The van der Waals surface area contributed by atoms with Crippen molar-refractivity contribution in [3.63, 3.8) is 0 Å². The average molecular weight is 470 g/mol. The number of fused-ring (bicyclic) bond motifs is 1. The minimum absolute atomic E-state index is 0.109. The molecule has 2 aromatic rings. The smallest absolute Gasteiger partial charge is 0.475 e. The maximum absolute atomic E-state index is 12.3. The van der Waals surface area contributed by atoms with Crippen LogP contribution < -0.4 is 5.32 Å². The Balaban J connectivity index is 0.000000383. The minimum Gasteiger partial charge on any atom is -0.475 e. The summed E-state index contributed by atoms with van der Waals surface area (Å²) in [5.74, 6) is -2.56. The van der Waals surface area contributed by atoms with Gasteiger partial charge >= 0.3 is 12.1 Å². The van der Waals surface area contributed by atoms with Crippen LogP contribution in [0.15, 0.2) is 30.7 Å². The van der Waals surface area contributed by atoms with Crippen molar-refractivity contribution in [1.82, 2.24) is 30.2 Å². The Bertz CT molecular complexity index is 918. The van der Waals surface area contributed by atoms with Crippen LogP contribution in [0.4, 0.5) is 13.2 Å². The zero-order valence-electron chi connectivity index (χ0n) is 17.7. The molecule has 2 aliphatic heterocycles. The number of aliphatic carboxylic acids is 1. The number of carboxylic acid groups (broad SMARTS) is 1. The Morgan fingerprint density at radius 2 is 1.88 bits per heavy atom. The summed E-state index contributed by atoms with van der Waals surface area (Å²) in [6.45, 7) is 4.94. The third-order valence-corrected chi connectivity index (χ3v) is 5.44. The molecule has 1 amide bonds. The van der Waals surface area contributed by atoms with Gasteiger partial charge in [-0.2, -0.15) is 28.5 Å². The molecule has 2 N–H and O–H groups in total. The van der Waals surface area contributed by atoms with E-state index in [1.54, 1.807) is 6.07 Å². The molecule has 13 heteroatoms. The molecule has 2 aromatic heterocycles. The fourth-order valence-electron chi connectivity index (χ4n) is 3.79. The van der Waals surface area contributed by atoms with Crippen LogP contribution in [0.2, 0.25) is 0 Å². The highest BCUT2D eigenvalue weighted by Gasteiger charge is 2.38. The molecule has 33 heavy (non-hydrogen) atoms. The van der Waals surface area contributed by atoms with Crippen molar-refractivity contribution >= 4 is 11.9 Å². The molecule has 1 fully saturated rings. The minimum atomic E-state index is -5.08. The number of carbonyl (C=O) groups excluding carboxylic acids is 1. The Morgan fingerprint density at radius 3 is 2.52 bits per heavy atom. The molecule has 0 aliphatic carbocycles. The lowest BCUT2D eigenvalue weighted by Gasteiger charge is -2.34. The van der Waals surface area contributed by atoms with Gasteiger partial charge in [0.25, 0.3) is 5.91 Å². The lowest BCUT2D eigenvalue weighted by molar-refractivity contribution is -0.192. The maximum Gasteiger partial charge on any atom is 0.490 e. The van der Waals surface area contributed by atoms with E-state index in [1.165, 1.54) is 18.1 Å². The number of hydrogen-bond acceptors (Lipinski definition) is 7. The number of ether oxygens (including phenoxy) is 1. The molecule has 4 rings (SSSR count). The summed E-state index contributed by atoms with van der Waals surface area (Å²) < 4.78 is 39.3. The second kappa shape index (κ2) is 11.2. The van der Waals surface area contributed by atoms with Crippen molar-refractivity contribution < 1.29 is 32.6 Å². The van der Waals surface area contributed by atoms with Crippen molar-refractivity contribution in [2.24, 2.45) is 5.92 Å². The first-order valence-electron chi connectivity index (χ1n) is 10.4. The summed E-state index contributed by atoms with van der Waals surface area (Å²) in [5, 5.41) is 22.1. The van der Waals surface area contributed by atoms with Crippen LogP contribution in [0, 0.1) is 5.92 Å². The van der Waals surface area contributed by atoms with Crippen LogP contribution in [0.5, 0.6) is 0 Å². The van der Waals surface area contributed by atoms with Gasteiger partial charge < -0.3 is 15.2 Å². The number of aromatic nitrogens is 4. The van der Waals surface area contributed by atoms with Crippen molar-refractivity contribution in [2.75, 3.05) is 26.3 Å². The number of nitrogens with one attached hydrogen (secondary N) is 1. The summed E-state index contributed by atoms with van der Waals surface area (Å²) in [5.41, 5.74) is 1.78. The Labute approximate surface area is 187 Å². The number of rotatable bonds is 4. The van der Waals surface area contributed by atoms with Gasteiger partial charge in [0.05, 0.1) is 23.7 Å². The topological polar surface area (TPSA) is 122 Å². The van der Waals surface area contributed by atoms with E-state index in [-0.39, 0.29) is 5.91 Å². The van der Waals surface area contributed by atoms with Crippen LogP contribution in [-0.4, -0.2) is 80.4 Å². The average Bonchev–Trinajstić information content (AvgIpc) is 3.16. The SMILES string of the molecule is O=C(NCC1CN(C2CCOCC2)Cc2ccnn2C1)c1ccnnc1.O=C(O)C(F)(F)F. The van der Waals surface area contributed by atoms with E-state index in [4.69, 9.17) is 14.6 Å². The van der Waals surface area contributed by atoms with E-state index < -0.39 is 12.1 Å². The predicted molar refractivity (Wildman–Crippen MR) is 108 cm³/mol. The van der Waals surface area contributed by atoms with Gasteiger partial charge in [0.2, 0.25) is 0 Å². The molecular formula is C20H25F3N6O4. The summed E-state index contributed by atoms with van der Waals surface area (Å²) in [7, 11) is 0. The first kappa shape index (κ1) is 24.6. The third-order valence-electron chi connectivity index (χ3n) is 5.44. The largest absolute Gasteiger partial charge is 0.490 e. The number of carboxylic acids is 1. The van der Waals surface area contributed by atoms with E-state index in [9.17, 15) is 18.0 Å². The molecule has 1 unspecified atom stereocenters. The Kier molecular flexibility index (Phi) is 8.33. The summed E-state index contributed by atoms with van der Waals surface area (Å²) in [6.07, 6.45) is 1.93. The van der Waals surface area contributed by atoms with Crippen LogP contribution in [0.1, 0.15) is 28.9 Å². The van der Waals surface area contributed by atoms with Crippen molar-refractivity contribution in [2.45, 2.75) is 38.1 Å². The lowest BCUT2D eigenvalue weighted by Crippen LogP contribution is -2.43. The standard InChI is InChI=1S/C18H24N6O2.C2HF3O2/c25-18(15-1-5-20-21-10-15)19-9-14-11-23(16-3-7-26-8-4-16)13-17-2-6-22-24(17)12-14;3-2(4,5)1(6)7/h1-2,5-6,10,14,16H,3-4,7-9,11-13H2,(H,19,25);(H,6,7). The molecule has 4 heterocycles. The Hall–Kier alpha value is -3.06. The monoisotopic (exact) mass is 470 g/mol.